The maximum absolute atomic E-state index is 12.7. The van der Waals surface area contributed by atoms with Crippen LogP contribution >= 0.6 is 0 Å². The van der Waals surface area contributed by atoms with E-state index in [4.69, 9.17) is 14.6 Å². The van der Waals surface area contributed by atoms with Crippen LogP contribution in [0.25, 0.3) is 0 Å². The minimum absolute atomic E-state index is 0.0729. The van der Waals surface area contributed by atoms with E-state index in [-0.39, 0.29) is 12.4 Å². The molecule has 0 spiro atoms. The van der Waals surface area contributed by atoms with Gasteiger partial charge in [0, 0.05) is 19.1 Å². The fourth-order valence-corrected chi connectivity index (χ4v) is 1.01. The van der Waals surface area contributed by atoms with E-state index >= 15 is 0 Å². The van der Waals surface area contributed by atoms with Crippen molar-refractivity contribution in [3.05, 3.63) is 24.0 Å². The lowest BCUT2D eigenvalue weighted by molar-refractivity contribution is 0.228. The zero-order chi connectivity index (χ0) is 10.4. The van der Waals surface area contributed by atoms with Crippen molar-refractivity contribution in [1.82, 2.24) is 0 Å². The monoisotopic (exact) mass is 200 g/mol. The standard InChI is InChI=1S/C10H13FO3/c1-13-10-7-8(11)3-4-9(10)14-6-2-5-12/h3-4,7,12H,2,5-6H2,1H3. The van der Waals surface area contributed by atoms with Gasteiger partial charge in [0.2, 0.25) is 0 Å². The normalized spacial score (nSPS) is 9.93. The number of methoxy groups -OCH3 is 1. The van der Waals surface area contributed by atoms with E-state index in [0.29, 0.717) is 24.5 Å². The molecule has 0 heterocycles. The van der Waals surface area contributed by atoms with E-state index in [1.165, 1.54) is 25.3 Å². The number of aliphatic hydroxyl groups excluding tert-OH is 1. The van der Waals surface area contributed by atoms with Gasteiger partial charge in [-0.1, -0.05) is 0 Å². The molecule has 0 aliphatic carbocycles. The SMILES string of the molecule is COc1cc(F)ccc1OCCCO. The first kappa shape index (κ1) is 10.8. The predicted molar refractivity (Wildman–Crippen MR) is 50.1 cm³/mol. The number of ether oxygens (including phenoxy) is 2. The number of hydrogen-bond acceptors (Lipinski definition) is 3. The van der Waals surface area contributed by atoms with Crippen molar-refractivity contribution in [2.75, 3.05) is 20.3 Å². The van der Waals surface area contributed by atoms with Crippen LogP contribution in [0.2, 0.25) is 0 Å². The summed E-state index contributed by atoms with van der Waals surface area (Å²) in [6.45, 7) is 0.460. The maximum atomic E-state index is 12.7. The predicted octanol–water partition coefficient (Wildman–Crippen LogP) is 1.60. The number of rotatable bonds is 5. The van der Waals surface area contributed by atoms with Crippen LogP contribution in [0, 0.1) is 5.82 Å². The summed E-state index contributed by atoms with van der Waals surface area (Å²) < 4.78 is 22.9. The molecule has 0 aromatic heterocycles. The second kappa shape index (κ2) is 5.44. The van der Waals surface area contributed by atoms with Crippen LogP contribution in [-0.4, -0.2) is 25.4 Å². The molecule has 1 N–H and O–H groups in total. The molecule has 4 heteroatoms. The third-order valence-electron chi connectivity index (χ3n) is 1.69. The van der Waals surface area contributed by atoms with Gasteiger partial charge in [-0.05, 0) is 12.1 Å². The van der Waals surface area contributed by atoms with E-state index in [2.05, 4.69) is 0 Å². The zero-order valence-electron chi connectivity index (χ0n) is 8.00. The molecular formula is C10H13FO3. The molecule has 0 unspecified atom stereocenters. The molecule has 1 aromatic rings. The quantitative estimate of drug-likeness (QED) is 0.733. The summed E-state index contributed by atoms with van der Waals surface area (Å²) in [5.74, 6) is 0.488. The highest BCUT2D eigenvalue weighted by atomic mass is 19.1. The van der Waals surface area contributed by atoms with Crippen molar-refractivity contribution >= 4 is 0 Å². The lowest BCUT2D eigenvalue weighted by Crippen LogP contribution is -2.01. The van der Waals surface area contributed by atoms with Gasteiger partial charge in [0.1, 0.15) is 5.82 Å². The highest BCUT2D eigenvalue weighted by Crippen LogP contribution is 2.27. The van der Waals surface area contributed by atoms with Crippen LogP contribution in [-0.2, 0) is 0 Å². The summed E-state index contributed by atoms with van der Waals surface area (Å²) >= 11 is 0. The van der Waals surface area contributed by atoms with Crippen molar-refractivity contribution < 1.29 is 19.0 Å². The zero-order valence-corrected chi connectivity index (χ0v) is 8.00. The molecular weight excluding hydrogens is 187 g/mol. The van der Waals surface area contributed by atoms with Gasteiger partial charge in [-0.25, -0.2) is 4.39 Å². The minimum Gasteiger partial charge on any atom is -0.493 e. The first-order chi connectivity index (χ1) is 6.77. The van der Waals surface area contributed by atoms with Gasteiger partial charge in [-0.3, -0.25) is 0 Å². The Labute approximate surface area is 82.1 Å². The fraction of sp³-hybridized carbons (Fsp3) is 0.400. The first-order valence-electron chi connectivity index (χ1n) is 4.35. The largest absolute Gasteiger partial charge is 0.493 e. The molecule has 1 aromatic carbocycles. The number of halogens is 1. The van der Waals surface area contributed by atoms with Crippen molar-refractivity contribution in [1.29, 1.82) is 0 Å². The Morgan fingerprint density at radius 2 is 2.14 bits per heavy atom. The van der Waals surface area contributed by atoms with Gasteiger partial charge in [-0.15, -0.1) is 0 Å². The summed E-state index contributed by atoms with van der Waals surface area (Å²) in [5, 5.41) is 8.54. The summed E-state index contributed by atoms with van der Waals surface area (Å²) in [4.78, 5) is 0. The molecule has 3 nitrogen and oxygen atoms in total. The van der Waals surface area contributed by atoms with Crippen molar-refractivity contribution in [2.45, 2.75) is 6.42 Å². The van der Waals surface area contributed by atoms with E-state index in [1.807, 2.05) is 0 Å². The first-order valence-corrected chi connectivity index (χ1v) is 4.35. The molecule has 0 saturated carbocycles. The Morgan fingerprint density at radius 1 is 1.36 bits per heavy atom. The molecule has 0 bridgehead atoms. The second-order valence-electron chi connectivity index (χ2n) is 2.72. The molecule has 0 aliphatic rings. The van der Waals surface area contributed by atoms with E-state index in [9.17, 15) is 4.39 Å². The van der Waals surface area contributed by atoms with Gasteiger partial charge in [0.05, 0.1) is 13.7 Å². The van der Waals surface area contributed by atoms with Crippen molar-refractivity contribution in [3.63, 3.8) is 0 Å². The molecule has 0 aliphatic heterocycles. The smallest absolute Gasteiger partial charge is 0.163 e. The van der Waals surface area contributed by atoms with Crippen molar-refractivity contribution in [3.8, 4) is 11.5 Å². The molecule has 0 fully saturated rings. The third-order valence-corrected chi connectivity index (χ3v) is 1.69. The number of benzene rings is 1. The lowest BCUT2D eigenvalue weighted by atomic mass is 10.3. The van der Waals surface area contributed by atoms with Crippen LogP contribution in [0.5, 0.6) is 11.5 Å². The molecule has 0 amide bonds. The highest BCUT2D eigenvalue weighted by molar-refractivity contribution is 5.39. The summed E-state index contributed by atoms with van der Waals surface area (Å²) in [6.07, 6.45) is 0.542. The third kappa shape index (κ3) is 2.88. The van der Waals surface area contributed by atoms with Crippen LogP contribution in [0.15, 0.2) is 18.2 Å². The Balaban J connectivity index is 2.65. The molecule has 78 valence electrons. The van der Waals surface area contributed by atoms with Gasteiger partial charge in [-0.2, -0.15) is 0 Å². The average Bonchev–Trinajstić information content (AvgIpc) is 2.20. The van der Waals surface area contributed by atoms with Gasteiger partial charge < -0.3 is 14.6 Å². The van der Waals surface area contributed by atoms with Crippen molar-refractivity contribution in [2.24, 2.45) is 0 Å². The molecule has 0 saturated heterocycles. The topological polar surface area (TPSA) is 38.7 Å². The Hall–Kier alpha value is -1.29. The highest BCUT2D eigenvalue weighted by Gasteiger charge is 2.04. The van der Waals surface area contributed by atoms with Crippen LogP contribution < -0.4 is 9.47 Å². The average molecular weight is 200 g/mol. The Bertz CT molecular complexity index is 289. The second-order valence-corrected chi connectivity index (χ2v) is 2.72. The fourth-order valence-electron chi connectivity index (χ4n) is 1.01. The maximum Gasteiger partial charge on any atom is 0.163 e. The summed E-state index contributed by atoms with van der Waals surface area (Å²) in [6, 6.07) is 4.07. The van der Waals surface area contributed by atoms with Crippen LogP contribution in [0.3, 0.4) is 0 Å². The Morgan fingerprint density at radius 3 is 2.79 bits per heavy atom. The number of aliphatic hydroxyl groups is 1. The minimum atomic E-state index is -0.364. The van der Waals surface area contributed by atoms with E-state index < -0.39 is 0 Å². The summed E-state index contributed by atoms with van der Waals surface area (Å²) in [5.41, 5.74) is 0. The Kier molecular flexibility index (Phi) is 4.19. The van der Waals surface area contributed by atoms with E-state index in [1.54, 1.807) is 0 Å². The number of hydrogen-bond donors (Lipinski definition) is 1. The van der Waals surface area contributed by atoms with Gasteiger partial charge in [0.15, 0.2) is 11.5 Å². The van der Waals surface area contributed by atoms with E-state index in [0.717, 1.165) is 0 Å². The molecule has 1 rings (SSSR count). The summed E-state index contributed by atoms with van der Waals surface area (Å²) in [7, 11) is 1.45. The van der Waals surface area contributed by atoms with Crippen LogP contribution in [0.4, 0.5) is 4.39 Å². The van der Waals surface area contributed by atoms with Gasteiger partial charge in [0.25, 0.3) is 0 Å². The van der Waals surface area contributed by atoms with Crippen LogP contribution in [0.1, 0.15) is 6.42 Å². The lowest BCUT2D eigenvalue weighted by Gasteiger charge is -2.09. The molecule has 14 heavy (non-hydrogen) atoms. The molecule has 0 radical (unpaired) electrons. The molecule has 0 atom stereocenters. The van der Waals surface area contributed by atoms with Gasteiger partial charge >= 0.3 is 0 Å².